The summed E-state index contributed by atoms with van der Waals surface area (Å²) < 4.78 is 1.74. The summed E-state index contributed by atoms with van der Waals surface area (Å²) in [4.78, 5) is 12.0. The average molecular weight is 445 g/mol. The van der Waals surface area contributed by atoms with Crippen molar-refractivity contribution in [3.8, 4) is 17.0 Å². The molecule has 1 fully saturated rings. The number of aryl methyl sites for hydroxylation is 1. The van der Waals surface area contributed by atoms with Gasteiger partial charge < -0.3 is 15.3 Å². The average Bonchev–Trinajstić information content (AvgIpc) is 3.08. The third kappa shape index (κ3) is 4.13. The zero-order valence-corrected chi connectivity index (χ0v) is 20.2. The number of phenolic OH excluding ortho intramolecular Hbond substituents is 1. The lowest BCUT2D eigenvalue weighted by Gasteiger charge is -2.49. The topological polar surface area (TPSA) is 79.1 Å². The van der Waals surface area contributed by atoms with Gasteiger partial charge in [0.15, 0.2) is 0 Å². The van der Waals surface area contributed by atoms with Crippen molar-refractivity contribution in [2.45, 2.75) is 57.7 Å². The zero-order chi connectivity index (χ0) is 23.5. The monoisotopic (exact) mass is 444 g/mol. The summed E-state index contributed by atoms with van der Waals surface area (Å²) in [6.45, 7) is 9.08. The number of hydrogen-bond acceptors (Lipinski definition) is 6. The van der Waals surface area contributed by atoms with Crippen molar-refractivity contribution in [3.63, 3.8) is 0 Å². The lowest BCUT2D eigenvalue weighted by molar-refractivity contribution is 0.160. The molecule has 4 aromatic rings. The molecule has 7 heteroatoms. The van der Waals surface area contributed by atoms with Crippen LogP contribution in [0.25, 0.3) is 33.2 Å². The standard InChI is InChI=1S/C26H32N6O/c1-25(2)13-17(14-26(3,4)30-25)32(6)24-10-9-20-21(28-24)8-7-19(27-20)18-11-16-15-31(5)29-22(16)12-23(18)33/h7-12,15,17,30,33H,13-14H2,1-6H3. The van der Waals surface area contributed by atoms with Gasteiger partial charge in [-0.05, 0) is 70.9 Å². The van der Waals surface area contributed by atoms with E-state index in [0.717, 1.165) is 46.3 Å². The lowest BCUT2D eigenvalue weighted by atomic mass is 9.79. The van der Waals surface area contributed by atoms with Crippen molar-refractivity contribution in [3.05, 3.63) is 42.6 Å². The maximum atomic E-state index is 10.6. The van der Waals surface area contributed by atoms with E-state index in [1.807, 2.05) is 43.6 Å². The summed E-state index contributed by atoms with van der Waals surface area (Å²) in [5.41, 5.74) is 3.97. The molecule has 4 heterocycles. The summed E-state index contributed by atoms with van der Waals surface area (Å²) in [6, 6.07) is 12.0. The molecule has 3 aromatic heterocycles. The molecule has 0 saturated carbocycles. The van der Waals surface area contributed by atoms with Crippen molar-refractivity contribution in [1.29, 1.82) is 0 Å². The van der Waals surface area contributed by atoms with Crippen LogP contribution in [0.5, 0.6) is 5.75 Å². The van der Waals surface area contributed by atoms with Crippen LogP contribution in [0.3, 0.4) is 0 Å². The fourth-order valence-corrected chi connectivity index (χ4v) is 5.46. The van der Waals surface area contributed by atoms with Crippen LogP contribution in [-0.2, 0) is 7.05 Å². The Balaban J connectivity index is 1.47. The van der Waals surface area contributed by atoms with Gasteiger partial charge >= 0.3 is 0 Å². The number of rotatable bonds is 3. The van der Waals surface area contributed by atoms with Gasteiger partial charge in [-0.15, -0.1) is 0 Å². The molecule has 0 radical (unpaired) electrons. The molecule has 0 atom stereocenters. The summed E-state index contributed by atoms with van der Waals surface area (Å²) >= 11 is 0. The highest BCUT2D eigenvalue weighted by Gasteiger charge is 2.39. The number of nitrogens with one attached hydrogen (secondary N) is 1. The molecule has 33 heavy (non-hydrogen) atoms. The van der Waals surface area contributed by atoms with E-state index in [9.17, 15) is 5.11 Å². The number of hydrogen-bond donors (Lipinski definition) is 2. The minimum absolute atomic E-state index is 0.0748. The lowest BCUT2D eigenvalue weighted by Crippen LogP contribution is -2.62. The molecule has 5 rings (SSSR count). The van der Waals surface area contributed by atoms with Gasteiger partial charge in [0, 0.05) is 54.4 Å². The van der Waals surface area contributed by atoms with E-state index in [4.69, 9.17) is 9.97 Å². The molecule has 0 amide bonds. The van der Waals surface area contributed by atoms with Gasteiger partial charge in [0.2, 0.25) is 0 Å². The molecule has 7 nitrogen and oxygen atoms in total. The Hall–Kier alpha value is -3.19. The molecular formula is C26H32N6O. The molecule has 1 aliphatic heterocycles. The van der Waals surface area contributed by atoms with Crippen LogP contribution in [0.4, 0.5) is 5.82 Å². The minimum atomic E-state index is 0.0748. The van der Waals surface area contributed by atoms with Gasteiger partial charge in [-0.1, -0.05) is 0 Å². The third-order valence-corrected chi connectivity index (χ3v) is 6.62. The highest BCUT2D eigenvalue weighted by molar-refractivity contribution is 5.88. The van der Waals surface area contributed by atoms with Gasteiger partial charge in [0.1, 0.15) is 11.6 Å². The first kappa shape index (κ1) is 21.6. The van der Waals surface area contributed by atoms with E-state index in [2.05, 4.69) is 50.1 Å². The van der Waals surface area contributed by atoms with E-state index in [1.54, 1.807) is 10.7 Å². The molecule has 0 spiro atoms. The highest BCUT2D eigenvalue weighted by atomic mass is 16.3. The van der Waals surface area contributed by atoms with Crippen LogP contribution in [0.2, 0.25) is 0 Å². The molecule has 0 bridgehead atoms. The molecule has 0 aliphatic carbocycles. The van der Waals surface area contributed by atoms with Crippen molar-refractivity contribution >= 4 is 27.8 Å². The largest absolute Gasteiger partial charge is 0.507 e. The summed E-state index contributed by atoms with van der Waals surface area (Å²) in [6.07, 6.45) is 4.05. The normalized spacial score (nSPS) is 18.1. The number of aromatic nitrogens is 4. The van der Waals surface area contributed by atoms with Gasteiger partial charge in [-0.25, -0.2) is 9.97 Å². The van der Waals surface area contributed by atoms with Crippen LogP contribution in [0.1, 0.15) is 40.5 Å². The van der Waals surface area contributed by atoms with Crippen LogP contribution >= 0.6 is 0 Å². The first-order chi connectivity index (χ1) is 15.5. The fraction of sp³-hybridized carbons (Fsp3) is 0.423. The van der Waals surface area contributed by atoms with E-state index in [-0.39, 0.29) is 16.8 Å². The van der Waals surface area contributed by atoms with Crippen molar-refractivity contribution in [2.24, 2.45) is 7.05 Å². The molecule has 1 saturated heterocycles. The number of fused-ring (bicyclic) bond motifs is 2. The van der Waals surface area contributed by atoms with Gasteiger partial charge in [0.25, 0.3) is 0 Å². The molecule has 172 valence electrons. The van der Waals surface area contributed by atoms with Crippen LogP contribution in [0, 0.1) is 0 Å². The van der Waals surface area contributed by atoms with Gasteiger partial charge in [0.05, 0.1) is 22.2 Å². The fourth-order valence-electron chi connectivity index (χ4n) is 5.46. The third-order valence-electron chi connectivity index (χ3n) is 6.62. The number of benzene rings is 1. The van der Waals surface area contributed by atoms with Crippen molar-refractivity contribution in [1.82, 2.24) is 25.1 Å². The predicted octanol–water partition coefficient (Wildman–Crippen LogP) is 4.63. The second-order valence-corrected chi connectivity index (χ2v) is 10.7. The van der Waals surface area contributed by atoms with Crippen molar-refractivity contribution < 1.29 is 5.11 Å². The van der Waals surface area contributed by atoms with E-state index >= 15 is 0 Å². The van der Waals surface area contributed by atoms with E-state index in [0.29, 0.717) is 11.6 Å². The predicted molar refractivity (Wildman–Crippen MR) is 134 cm³/mol. The number of anilines is 1. The summed E-state index contributed by atoms with van der Waals surface area (Å²) in [5.74, 6) is 1.13. The van der Waals surface area contributed by atoms with E-state index < -0.39 is 0 Å². The SMILES string of the molecule is CN(c1ccc2nc(-c3cc4cn(C)nc4cc3O)ccc2n1)C1CC(C)(C)NC(C)(C)C1. The van der Waals surface area contributed by atoms with Gasteiger partial charge in [-0.2, -0.15) is 5.10 Å². The first-order valence-corrected chi connectivity index (χ1v) is 11.5. The Labute approximate surface area is 194 Å². The number of piperidine rings is 1. The second-order valence-electron chi connectivity index (χ2n) is 10.7. The molecule has 1 aromatic carbocycles. The number of phenols is 1. The molecular weight excluding hydrogens is 412 g/mol. The molecule has 2 N–H and O–H groups in total. The Bertz CT molecular complexity index is 1340. The quantitative estimate of drug-likeness (QED) is 0.479. The second kappa shape index (κ2) is 7.42. The molecule has 1 aliphatic rings. The maximum Gasteiger partial charge on any atom is 0.129 e. The van der Waals surface area contributed by atoms with Crippen LogP contribution in [-0.4, -0.2) is 49.0 Å². The van der Waals surface area contributed by atoms with E-state index in [1.165, 1.54) is 0 Å². The Morgan fingerprint density at radius 2 is 1.64 bits per heavy atom. The van der Waals surface area contributed by atoms with Crippen LogP contribution in [0.15, 0.2) is 42.6 Å². The smallest absolute Gasteiger partial charge is 0.129 e. The summed E-state index contributed by atoms with van der Waals surface area (Å²) in [5, 5.41) is 19.7. The Kier molecular flexibility index (Phi) is 4.86. The molecule has 0 unspecified atom stereocenters. The summed E-state index contributed by atoms with van der Waals surface area (Å²) in [7, 11) is 4.01. The Morgan fingerprint density at radius 3 is 2.36 bits per heavy atom. The zero-order valence-electron chi connectivity index (χ0n) is 20.2. The number of aromatic hydroxyl groups is 1. The minimum Gasteiger partial charge on any atom is -0.507 e. The number of nitrogens with zero attached hydrogens (tertiary/aromatic N) is 5. The van der Waals surface area contributed by atoms with Crippen LogP contribution < -0.4 is 10.2 Å². The van der Waals surface area contributed by atoms with Crippen molar-refractivity contribution in [2.75, 3.05) is 11.9 Å². The Morgan fingerprint density at radius 1 is 0.970 bits per heavy atom. The first-order valence-electron chi connectivity index (χ1n) is 11.5. The maximum absolute atomic E-state index is 10.6. The highest BCUT2D eigenvalue weighted by Crippen LogP contribution is 2.35. The number of pyridine rings is 2. The van der Waals surface area contributed by atoms with Gasteiger partial charge in [-0.3, -0.25) is 4.68 Å².